The third-order valence-corrected chi connectivity index (χ3v) is 3.50. The largest absolute Gasteiger partial charge is 0.213 e. The fraction of sp³-hybridized carbons (Fsp3) is 0.455. The van der Waals surface area contributed by atoms with Crippen LogP contribution in [-0.2, 0) is 15.6 Å². The number of benzene rings is 1. The summed E-state index contributed by atoms with van der Waals surface area (Å²) in [6.45, 7) is 2.02. The van der Waals surface area contributed by atoms with Gasteiger partial charge in [0.05, 0.1) is 11.8 Å². The van der Waals surface area contributed by atoms with Crippen LogP contribution < -0.4 is 4.72 Å². The Balaban J connectivity index is 2.27. The number of nitrogens with one attached hydrogen (secondary N) is 1. The molecule has 0 amide bonds. The maximum Gasteiger partial charge on any atom is 0.209 e. The Morgan fingerprint density at radius 2 is 1.73 bits per heavy atom. The van der Waals surface area contributed by atoms with Gasteiger partial charge in [0.1, 0.15) is 0 Å². The molecule has 1 aromatic carbocycles. The van der Waals surface area contributed by atoms with Crippen LogP contribution in [-0.4, -0.2) is 14.7 Å². The van der Waals surface area contributed by atoms with Crippen molar-refractivity contribution in [1.29, 1.82) is 0 Å². The van der Waals surface area contributed by atoms with Gasteiger partial charge in [0.15, 0.2) is 0 Å². The van der Waals surface area contributed by atoms with Crippen molar-refractivity contribution in [1.82, 2.24) is 4.72 Å². The van der Waals surface area contributed by atoms with E-state index < -0.39 is 10.0 Å². The van der Waals surface area contributed by atoms with Crippen LogP contribution in [0.1, 0.15) is 24.0 Å². The molecule has 15 heavy (non-hydrogen) atoms. The van der Waals surface area contributed by atoms with Gasteiger partial charge in [0.25, 0.3) is 0 Å². The van der Waals surface area contributed by atoms with Crippen LogP contribution in [0.4, 0.5) is 0 Å². The molecule has 0 unspecified atom stereocenters. The molecule has 0 atom stereocenters. The SMILES string of the molecule is Cc1ccc(C2(NS(C)(=O)=O)CC2)cc1. The van der Waals surface area contributed by atoms with Crippen molar-refractivity contribution in [3.63, 3.8) is 0 Å². The molecule has 0 aromatic heterocycles. The molecule has 1 fully saturated rings. The predicted molar refractivity (Wildman–Crippen MR) is 60.1 cm³/mol. The molecule has 4 heteroatoms. The van der Waals surface area contributed by atoms with E-state index in [0.717, 1.165) is 18.4 Å². The summed E-state index contributed by atoms with van der Waals surface area (Å²) in [4.78, 5) is 0. The van der Waals surface area contributed by atoms with Gasteiger partial charge in [0.2, 0.25) is 10.0 Å². The van der Waals surface area contributed by atoms with Crippen LogP contribution in [0.5, 0.6) is 0 Å². The fourth-order valence-corrected chi connectivity index (χ4v) is 2.83. The zero-order chi connectivity index (χ0) is 11.1. The smallest absolute Gasteiger partial charge is 0.209 e. The third-order valence-electron chi connectivity index (χ3n) is 2.73. The maximum atomic E-state index is 11.2. The van der Waals surface area contributed by atoms with Gasteiger partial charge in [-0.15, -0.1) is 0 Å². The van der Waals surface area contributed by atoms with Gasteiger partial charge in [-0.1, -0.05) is 29.8 Å². The lowest BCUT2D eigenvalue weighted by atomic mass is 10.0. The molecule has 0 saturated heterocycles. The minimum Gasteiger partial charge on any atom is -0.213 e. The summed E-state index contributed by atoms with van der Waals surface area (Å²) in [6, 6.07) is 8.03. The van der Waals surface area contributed by atoms with Crippen LogP contribution in [0.15, 0.2) is 24.3 Å². The van der Waals surface area contributed by atoms with E-state index in [2.05, 4.69) is 4.72 Å². The summed E-state index contributed by atoms with van der Waals surface area (Å²) in [5, 5.41) is 0. The average Bonchev–Trinajstić information content (AvgIpc) is 2.83. The van der Waals surface area contributed by atoms with E-state index >= 15 is 0 Å². The van der Waals surface area contributed by atoms with Crippen LogP contribution in [0.2, 0.25) is 0 Å². The monoisotopic (exact) mass is 225 g/mol. The van der Waals surface area contributed by atoms with Gasteiger partial charge in [-0.05, 0) is 25.3 Å². The molecule has 0 aliphatic heterocycles. The van der Waals surface area contributed by atoms with E-state index in [4.69, 9.17) is 0 Å². The summed E-state index contributed by atoms with van der Waals surface area (Å²) in [5.41, 5.74) is 1.94. The van der Waals surface area contributed by atoms with E-state index in [1.807, 2.05) is 31.2 Å². The van der Waals surface area contributed by atoms with Crippen molar-refractivity contribution < 1.29 is 8.42 Å². The Bertz CT molecular complexity index is 458. The standard InChI is InChI=1S/C11H15NO2S/c1-9-3-5-10(6-4-9)11(7-8-11)12-15(2,13)14/h3-6,12H,7-8H2,1-2H3. The summed E-state index contributed by atoms with van der Waals surface area (Å²) >= 11 is 0. The molecule has 2 rings (SSSR count). The first kappa shape index (κ1) is 10.6. The van der Waals surface area contributed by atoms with Gasteiger partial charge in [-0.3, -0.25) is 0 Å². The van der Waals surface area contributed by atoms with Crippen molar-refractivity contribution in [2.45, 2.75) is 25.3 Å². The maximum absolute atomic E-state index is 11.2. The van der Waals surface area contributed by atoms with E-state index in [9.17, 15) is 8.42 Å². The summed E-state index contributed by atoms with van der Waals surface area (Å²) < 4.78 is 25.1. The summed E-state index contributed by atoms with van der Waals surface area (Å²) in [6.07, 6.45) is 2.99. The second-order valence-electron chi connectivity index (χ2n) is 4.32. The van der Waals surface area contributed by atoms with E-state index in [1.165, 1.54) is 11.8 Å². The van der Waals surface area contributed by atoms with Gasteiger partial charge in [0, 0.05) is 0 Å². The van der Waals surface area contributed by atoms with Crippen molar-refractivity contribution in [3.8, 4) is 0 Å². The second kappa shape index (κ2) is 3.32. The lowest BCUT2D eigenvalue weighted by molar-refractivity contribution is 0.557. The molecule has 0 bridgehead atoms. The topological polar surface area (TPSA) is 46.2 Å². The van der Waals surface area contributed by atoms with Crippen LogP contribution in [0.3, 0.4) is 0 Å². The minimum absolute atomic E-state index is 0.318. The van der Waals surface area contributed by atoms with E-state index in [1.54, 1.807) is 0 Å². The van der Waals surface area contributed by atoms with Crippen LogP contribution in [0, 0.1) is 6.92 Å². The molecule has 0 heterocycles. The zero-order valence-corrected chi connectivity index (χ0v) is 9.76. The molecule has 1 N–H and O–H groups in total. The number of rotatable bonds is 3. The van der Waals surface area contributed by atoms with Gasteiger partial charge >= 0.3 is 0 Å². The highest BCUT2D eigenvalue weighted by atomic mass is 32.2. The third kappa shape index (κ3) is 2.38. The van der Waals surface area contributed by atoms with Crippen molar-refractivity contribution in [3.05, 3.63) is 35.4 Å². The number of hydrogen-bond donors (Lipinski definition) is 1. The fourth-order valence-electron chi connectivity index (χ4n) is 1.80. The van der Waals surface area contributed by atoms with Crippen LogP contribution in [0.25, 0.3) is 0 Å². The second-order valence-corrected chi connectivity index (χ2v) is 6.07. The molecular formula is C11H15NO2S. The minimum atomic E-state index is -3.13. The Hall–Kier alpha value is -0.870. The molecular weight excluding hydrogens is 210 g/mol. The quantitative estimate of drug-likeness (QED) is 0.848. The van der Waals surface area contributed by atoms with Gasteiger partial charge < -0.3 is 0 Å². The molecule has 1 aliphatic rings. The molecule has 1 aliphatic carbocycles. The first-order chi connectivity index (χ1) is 6.91. The Morgan fingerprint density at radius 1 is 1.20 bits per heavy atom. The molecule has 1 saturated carbocycles. The van der Waals surface area contributed by atoms with Crippen molar-refractivity contribution in [2.75, 3.05) is 6.26 Å². The molecule has 3 nitrogen and oxygen atoms in total. The zero-order valence-electron chi connectivity index (χ0n) is 8.95. The number of sulfonamides is 1. The first-order valence-electron chi connectivity index (χ1n) is 4.97. The van der Waals surface area contributed by atoms with Crippen LogP contribution >= 0.6 is 0 Å². The van der Waals surface area contributed by atoms with Crippen molar-refractivity contribution in [2.24, 2.45) is 0 Å². The normalized spacial score (nSPS) is 18.8. The highest BCUT2D eigenvalue weighted by Crippen LogP contribution is 2.45. The molecule has 82 valence electrons. The first-order valence-corrected chi connectivity index (χ1v) is 6.87. The molecule has 1 aromatic rings. The summed E-state index contributed by atoms with van der Waals surface area (Å²) in [5.74, 6) is 0. The lowest BCUT2D eigenvalue weighted by Crippen LogP contribution is -2.33. The molecule has 0 spiro atoms. The van der Waals surface area contributed by atoms with E-state index in [0.29, 0.717) is 0 Å². The average molecular weight is 225 g/mol. The molecule has 0 radical (unpaired) electrons. The lowest BCUT2D eigenvalue weighted by Gasteiger charge is -2.16. The predicted octanol–water partition coefficient (Wildman–Crippen LogP) is 1.53. The number of hydrogen-bond acceptors (Lipinski definition) is 2. The van der Waals surface area contributed by atoms with Gasteiger partial charge in [-0.25, -0.2) is 13.1 Å². The van der Waals surface area contributed by atoms with E-state index in [-0.39, 0.29) is 5.54 Å². The highest BCUT2D eigenvalue weighted by Gasteiger charge is 2.46. The number of aryl methyl sites for hydroxylation is 1. The van der Waals surface area contributed by atoms with Gasteiger partial charge in [-0.2, -0.15) is 0 Å². The highest BCUT2D eigenvalue weighted by molar-refractivity contribution is 7.88. The Kier molecular flexibility index (Phi) is 2.35. The van der Waals surface area contributed by atoms with Crippen molar-refractivity contribution >= 4 is 10.0 Å². The summed E-state index contributed by atoms with van der Waals surface area (Å²) in [7, 11) is -3.13. The Labute approximate surface area is 90.6 Å². The Morgan fingerprint density at radius 3 is 2.13 bits per heavy atom.